The Morgan fingerprint density at radius 2 is 2.09 bits per heavy atom. The molecular weight excluding hydrogens is 300 g/mol. The third-order valence-electron chi connectivity index (χ3n) is 3.69. The molecule has 0 bridgehead atoms. The number of alkyl carbamates (subject to hydrolysis) is 1. The van der Waals surface area contributed by atoms with Gasteiger partial charge < -0.3 is 10.1 Å². The van der Waals surface area contributed by atoms with Gasteiger partial charge in [0.1, 0.15) is 11.8 Å². The van der Waals surface area contributed by atoms with Gasteiger partial charge in [-0.2, -0.15) is 0 Å². The lowest BCUT2D eigenvalue weighted by molar-refractivity contribution is 0.134. The number of aromatic nitrogens is 1. The molecule has 0 spiro atoms. The lowest BCUT2D eigenvalue weighted by Gasteiger charge is -2.18. The van der Waals surface area contributed by atoms with Gasteiger partial charge in [-0.05, 0) is 42.0 Å². The second-order valence-corrected chi connectivity index (χ2v) is 5.82. The zero-order valence-electron chi connectivity index (χ0n) is 12.0. The van der Waals surface area contributed by atoms with Gasteiger partial charge in [0.15, 0.2) is 0 Å². The number of benzene rings is 1. The molecule has 1 aliphatic carbocycles. The van der Waals surface area contributed by atoms with Crippen LogP contribution in [-0.4, -0.2) is 11.1 Å². The molecule has 1 unspecified atom stereocenters. The summed E-state index contributed by atoms with van der Waals surface area (Å²) in [6, 6.07) is 13.2. The van der Waals surface area contributed by atoms with Crippen LogP contribution in [-0.2, 0) is 11.3 Å². The summed E-state index contributed by atoms with van der Waals surface area (Å²) >= 11 is 5.94. The molecule has 2 aromatic rings. The number of nitrogens with zero attached hydrogens (tertiary/aromatic N) is 1. The predicted octanol–water partition coefficient (Wildman–Crippen LogP) is 4.11. The molecule has 114 valence electrons. The fraction of sp³-hybridized carbons (Fsp3) is 0.294. The minimum Gasteiger partial charge on any atom is -0.445 e. The van der Waals surface area contributed by atoms with Crippen molar-refractivity contribution in [2.45, 2.75) is 25.5 Å². The van der Waals surface area contributed by atoms with E-state index in [1.807, 2.05) is 36.4 Å². The second kappa shape index (κ2) is 6.79. The maximum Gasteiger partial charge on any atom is 0.407 e. The standard InChI is InChI=1S/C17H17ClN2O2/c18-15-10-14(8-9-19-15)16(13-6-7-13)20-17(21)22-11-12-4-2-1-3-5-12/h1-5,8-10,13,16H,6-7,11H2,(H,20,21). The van der Waals surface area contributed by atoms with Gasteiger partial charge in [0.2, 0.25) is 0 Å². The van der Waals surface area contributed by atoms with E-state index in [2.05, 4.69) is 10.3 Å². The monoisotopic (exact) mass is 316 g/mol. The van der Waals surface area contributed by atoms with E-state index >= 15 is 0 Å². The van der Waals surface area contributed by atoms with Crippen molar-refractivity contribution in [3.05, 3.63) is 64.9 Å². The Morgan fingerprint density at radius 3 is 2.77 bits per heavy atom. The summed E-state index contributed by atoms with van der Waals surface area (Å²) in [6.45, 7) is 0.265. The number of hydrogen-bond acceptors (Lipinski definition) is 3. The molecule has 1 saturated carbocycles. The van der Waals surface area contributed by atoms with Crippen molar-refractivity contribution in [2.24, 2.45) is 5.92 Å². The van der Waals surface area contributed by atoms with Crippen LogP contribution in [0.25, 0.3) is 0 Å². The highest BCUT2D eigenvalue weighted by molar-refractivity contribution is 6.29. The summed E-state index contributed by atoms with van der Waals surface area (Å²) in [6.07, 6.45) is 3.45. The Hall–Kier alpha value is -2.07. The van der Waals surface area contributed by atoms with Crippen molar-refractivity contribution in [1.82, 2.24) is 10.3 Å². The highest BCUT2D eigenvalue weighted by Crippen LogP contribution is 2.41. The Bertz CT molecular complexity index is 644. The molecule has 3 rings (SSSR count). The van der Waals surface area contributed by atoms with Crippen LogP contribution in [0.5, 0.6) is 0 Å². The van der Waals surface area contributed by atoms with E-state index in [0.717, 1.165) is 24.0 Å². The molecule has 4 nitrogen and oxygen atoms in total. The molecule has 1 N–H and O–H groups in total. The number of pyridine rings is 1. The number of rotatable bonds is 5. The van der Waals surface area contributed by atoms with Gasteiger partial charge >= 0.3 is 6.09 Å². The van der Waals surface area contributed by atoms with Crippen LogP contribution >= 0.6 is 11.6 Å². The minimum atomic E-state index is -0.409. The van der Waals surface area contributed by atoms with Crippen LogP contribution in [0.2, 0.25) is 5.15 Å². The summed E-state index contributed by atoms with van der Waals surface area (Å²) < 4.78 is 5.29. The van der Waals surface area contributed by atoms with Gasteiger partial charge in [-0.1, -0.05) is 41.9 Å². The molecule has 1 amide bonds. The van der Waals surface area contributed by atoms with Gasteiger partial charge in [0, 0.05) is 6.20 Å². The first-order valence-electron chi connectivity index (χ1n) is 7.31. The molecule has 1 aromatic carbocycles. The lowest BCUT2D eigenvalue weighted by atomic mass is 10.0. The summed E-state index contributed by atoms with van der Waals surface area (Å²) in [4.78, 5) is 16.0. The largest absolute Gasteiger partial charge is 0.445 e. The third-order valence-corrected chi connectivity index (χ3v) is 3.90. The molecule has 1 aromatic heterocycles. The number of halogens is 1. The third kappa shape index (κ3) is 3.98. The van der Waals surface area contributed by atoms with Crippen LogP contribution in [0.15, 0.2) is 48.7 Å². The van der Waals surface area contributed by atoms with Gasteiger partial charge in [-0.25, -0.2) is 9.78 Å². The smallest absolute Gasteiger partial charge is 0.407 e. The number of amides is 1. The number of nitrogens with one attached hydrogen (secondary N) is 1. The van der Waals surface area contributed by atoms with Crippen LogP contribution in [0.4, 0.5) is 4.79 Å². The van der Waals surface area contributed by atoms with E-state index in [1.165, 1.54) is 0 Å². The number of ether oxygens (including phenoxy) is 1. The lowest BCUT2D eigenvalue weighted by Crippen LogP contribution is -2.30. The molecule has 1 aliphatic rings. The van der Waals surface area contributed by atoms with Gasteiger partial charge in [-0.15, -0.1) is 0 Å². The second-order valence-electron chi connectivity index (χ2n) is 5.43. The zero-order chi connectivity index (χ0) is 15.4. The molecule has 5 heteroatoms. The average molecular weight is 317 g/mol. The maximum atomic E-state index is 12.0. The minimum absolute atomic E-state index is 0.0660. The zero-order valence-corrected chi connectivity index (χ0v) is 12.8. The Labute approximate surface area is 134 Å². The van der Waals surface area contributed by atoms with Crippen LogP contribution < -0.4 is 5.32 Å². The van der Waals surface area contributed by atoms with E-state index < -0.39 is 6.09 Å². The summed E-state index contributed by atoms with van der Waals surface area (Å²) in [7, 11) is 0. The number of carbonyl (C=O) groups excluding carboxylic acids is 1. The highest BCUT2D eigenvalue weighted by atomic mass is 35.5. The molecule has 1 atom stereocenters. The summed E-state index contributed by atoms with van der Waals surface area (Å²) in [5.41, 5.74) is 1.94. The quantitative estimate of drug-likeness (QED) is 0.844. The Balaban J connectivity index is 1.60. The molecule has 0 aliphatic heterocycles. The van der Waals surface area contributed by atoms with Gasteiger partial charge in [-0.3, -0.25) is 0 Å². The SMILES string of the molecule is O=C(NC(c1ccnc(Cl)c1)C1CC1)OCc1ccccc1. The van der Waals surface area contributed by atoms with E-state index in [9.17, 15) is 4.79 Å². The molecule has 0 saturated heterocycles. The van der Waals surface area contributed by atoms with E-state index in [4.69, 9.17) is 16.3 Å². The summed E-state index contributed by atoms with van der Waals surface area (Å²) in [5, 5.41) is 3.38. The van der Waals surface area contributed by atoms with E-state index in [0.29, 0.717) is 11.1 Å². The van der Waals surface area contributed by atoms with Gasteiger partial charge in [0.05, 0.1) is 6.04 Å². The molecule has 0 radical (unpaired) electrons. The van der Waals surface area contributed by atoms with Crippen molar-refractivity contribution < 1.29 is 9.53 Å². The van der Waals surface area contributed by atoms with Crippen molar-refractivity contribution in [2.75, 3.05) is 0 Å². The Morgan fingerprint density at radius 1 is 1.32 bits per heavy atom. The first-order chi connectivity index (χ1) is 10.7. The first kappa shape index (κ1) is 14.9. The van der Waals surface area contributed by atoms with Crippen LogP contribution in [0.3, 0.4) is 0 Å². The van der Waals surface area contributed by atoms with Crippen molar-refractivity contribution in [3.8, 4) is 0 Å². The van der Waals surface area contributed by atoms with Gasteiger partial charge in [0.25, 0.3) is 0 Å². The first-order valence-corrected chi connectivity index (χ1v) is 7.69. The van der Waals surface area contributed by atoms with Crippen molar-refractivity contribution in [3.63, 3.8) is 0 Å². The number of carbonyl (C=O) groups is 1. The van der Waals surface area contributed by atoms with Crippen molar-refractivity contribution in [1.29, 1.82) is 0 Å². The fourth-order valence-electron chi connectivity index (χ4n) is 2.41. The predicted molar refractivity (Wildman–Crippen MR) is 84.5 cm³/mol. The van der Waals surface area contributed by atoms with E-state index in [1.54, 1.807) is 12.3 Å². The highest BCUT2D eigenvalue weighted by Gasteiger charge is 2.34. The molecular formula is C17H17ClN2O2. The summed E-state index contributed by atoms with van der Waals surface area (Å²) in [5.74, 6) is 0.447. The van der Waals surface area contributed by atoms with Crippen LogP contribution in [0, 0.1) is 5.92 Å². The molecule has 1 fully saturated rings. The molecule has 1 heterocycles. The average Bonchev–Trinajstić information content (AvgIpc) is 3.36. The normalized spacial score (nSPS) is 15.1. The topological polar surface area (TPSA) is 51.2 Å². The van der Waals surface area contributed by atoms with E-state index in [-0.39, 0.29) is 12.6 Å². The number of hydrogen-bond donors (Lipinski definition) is 1. The van der Waals surface area contributed by atoms with Crippen molar-refractivity contribution >= 4 is 17.7 Å². The Kier molecular flexibility index (Phi) is 4.59. The fourth-order valence-corrected chi connectivity index (χ4v) is 2.59. The molecule has 22 heavy (non-hydrogen) atoms. The maximum absolute atomic E-state index is 12.0. The van der Waals surface area contributed by atoms with Crippen LogP contribution in [0.1, 0.15) is 30.0 Å².